The van der Waals surface area contributed by atoms with E-state index in [1.54, 1.807) is 60.0 Å². The molecule has 1 amide bonds. The van der Waals surface area contributed by atoms with Gasteiger partial charge in [-0.2, -0.15) is 31.1 Å². The summed E-state index contributed by atoms with van der Waals surface area (Å²) in [7, 11) is 4.90. The Morgan fingerprint density at radius 1 is 0.452 bits per heavy atom. The predicted molar refractivity (Wildman–Crippen MR) is 476 cm³/mol. The summed E-state index contributed by atoms with van der Waals surface area (Å²) in [6.45, 7) is 21.8. The maximum Gasteiger partial charge on any atom is 0.410 e. The molecule has 12 aliphatic rings. The molecule has 6 bridgehead atoms. The van der Waals surface area contributed by atoms with E-state index in [1.807, 2.05) is 112 Å². The number of piperazine rings is 3. The van der Waals surface area contributed by atoms with E-state index in [1.165, 1.54) is 47.1 Å². The van der Waals surface area contributed by atoms with E-state index in [-0.39, 0.29) is 6.09 Å². The number of amides is 1. The molecule has 12 aromatic heterocycles. The molecule has 24 heterocycles. The van der Waals surface area contributed by atoms with Gasteiger partial charge in [0, 0.05) is 200 Å². The number of piperidine rings is 3. The van der Waals surface area contributed by atoms with Crippen molar-refractivity contribution in [2.75, 3.05) is 121 Å². The number of nitrogens with one attached hydrogen (secondary N) is 1. The maximum atomic E-state index is 12.6. The van der Waals surface area contributed by atoms with Crippen LogP contribution in [0.5, 0.6) is 17.6 Å². The highest BCUT2D eigenvalue weighted by atomic mass is 16.6. The second-order valence-corrected chi connectivity index (χ2v) is 34.5. The number of aromatic nitrogens is 15. The first-order valence-corrected chi connectivity index (χ1v) is 43.2. The van der Waals surface area contributed by atoms with E-state index in [9.17, 15) is 20.6 Å². The maximum absolute atomic E-state index is 12.6. The van der Waals surface area contributed by atoms with Crippen LogP contribution < -0.4 is 34.2 Å². The van der Waals surface area contributed by atoms with E-state index < -0.39 is 5.60 Å². The van der Waals surface area contributed by atoms with Crippen molar-refractivity contribution in [3.05, 3.63) is 216 Å². The average Bonchev–Trinajstić information content (AvgIpc) is 1.40. The lowest BCUT2D eigenvalue weighted by Crippen LogP contribution is -2.68. The van der Waals surface area contributed by atoms with Gasteiger partial charge in [0.25, 0.3) is 0 Å². The number of anilines is 3. The molecule has 640 valence electrons. The molecule has 12 aliphatic heterocycles. The molecule has 6 unspecified atom stereocenters. The number of nitriles is 3. The molecular formula is C94H99N27O5. The molecule has 0 aromatic carbocycles. The zero-order valence-corrected chi connectivity index (χ0v) is 71.8. The van der Waals surface area contributed by atoms with Crippen LogP contribution in [0.2, 0.25) is 0 Å². The Kier molecular flexibility index (Phi) is 22.9. The van der Waals surface area contributed by atoms with Crippen molar-refractivity contribution >= 4 is 56.8 Å². The van der Waals surface area contributed by atoms with Gasteiger partial charge in [-0.3, -0.25) is 34.6 Å². The fourth-order valence-electron chi connectivity index (χ4n) is 19.1. The third-order valence-electron chi connectivity index (χ3n) is 25.8. The van der Waals surface area contributed by atoms with Gasteiger partial charge in [0.2, 0.25) is 17.6 Å². The second kappa shape index (κ2) is 35.2. The van der Waals surface area contributed by atoms with Crippen molar-refractivity contribution < 1.29 is 23.7 Å². The smallest absolute Gasteiger partial charge is 0.410 e. The fraction of sp³-hybridized carbons (Fsp3) is 0.383. The largest absolute Gasteiger partial charge is 0.481 e. The van der Waals surface area contributed by atoms with Gasteiger partial charge in [0.1, 0.15) is 41.3 Å². The van der Waals surface area contributed by atoms with Gasteiger partial charge in [-0.05, 0) is 141 Å². The van der Waals surface area contributed by atoms with Crippen LogP contribution >= 0.6 is 0 Å². The van der Waals surface area contributed by atoms with Gasteiger partial charge in [0.05, 0.1) is 127 Å². The summed E-state index contributed by atoms with van der Waals surface area (Å²) in [6, 6.07) is 28.1. The molecular weight excluding hydrogens is 1590 g/mol. The molecule has 9 fully saturated rings. The predicted octanol–water partition coefficient (Wildman–Crippen LogP) is 11.1. The van der Waals surface area contributed by atoms with Crippen LogP contribution in [0.4, 0.5) is 22.2 Å². The van der Waals surface area contributed by atoms with Gasteiger partial charge in [-0.1, -0.05) is 43.4 Å². The summed E-state index contributed by atoms with van der Waals surface area (Å²) < 4.78 is 26.5. The summed E-state index contributed by atoms with van der Waals surface area (Å²) in [5, 5.41) is 46.1. The van der Waals surface area contributed by atoms with Crippen molar-refractivity contribution in [1.29, 1.82) is 15.8 Å². The summed E-state index contributed by atoms with van der Waals surface area (Å²) in [4.78, 5) is 73.5. The Hall–Kier alpha value is -13.7. The highest BCUT2D eigenvalue weighted by Crippen LogP contribution is 2.42. The molecule has 32 nitrogen and oxygen atoms in total. The molecule has 9 saturated heterocycles. The number of hydrogen-bond donors (Lipinski definition) is 1. The minimum Gasteiger partial charge on any atom is -0.481 e. The molecule has 0 saturated carbocycles. The van der Waals surface area contributed by atoms with Crippen molar-refractivity contribution in [1.82, 2.24) is 104 Å². The van der Waals surface area contributed by atoms with Gasteiger partial charge in [0.15, 0.2) is 0 Å². The first-order valence-electron chi connectivity index (χ1n) is 43.2. The van der Waals surface area contributed by atoms with Crippen molar-refractivity contribution in [3.63, 3.8) is 0 Å². The third-order valence-corrected chi connectivity index (χ3v) is 25.8. The standard InChI is InChI=1S/C34H37N9O3.C31H33N9O.C29H29N9O/c1-34(2,3)46-33(44)40-9-7-23(8-10-40)24-11-28(32-25(13-35)15-39-43(32)19-24)29-16-37-30(17-36-29)41-20-26-12-27(21-41)42(26)18-22-5-6-31(45-4)38-14-22;1-3-37-8-6-22(7-9-37)23-10-27(31-24(12-32)14-36-40(31)18-23)28-15-34-29(16-33-28)38-19-25-11-26(20-38)39(25)17-21-4-5-30(41-2)35-13-21;1-39-28-3-2-19(11-34-28)15-37-23-9-24(37)18-36(17-23)27-14-32-26(13-33-27)25-8-21(20-4-6-31-7-5-20)16-38-29(25)22(10-30)12-35-38/h5-7,11,14-17,19,26-27H,8-10,12,18,20-21H2,1-4H3;4-6,10,13-16,18,25-26H,3,7-9,11,17,19-20H2,1-2H3;2-4,8,11-14,16,23-24,31H,5-7,9,15,17-18H2,1H3. The van der Waals surface area contributed by atoms with Crippen LogP contribution in [-0.4, -0.2) is 253 Å². The van der Waals surface area contributed by atoms with Crippen molar-refractivity contribution in [2.24, 2.45) is 0 Å². The number of likely N-dealkylation sites (N-methyl/N-ethyl adjacent to an activating group) is 1. The van der Waals surface area contributed by atoms with E-state index in [2.05, 4.69) is 150 Å². The van der Waals surface area contributed by atoms with Crippen LogP contribution in [-0.2, 0) is 24.4 Å². The number of ether oxygens (including phenoxy) is 4. The van der Waals surface area contributed by atoms with Gasteiger partial charge in [-0.25, -0.2) is 48.2 Å². The Morgan fingerprint density at radius 3 is 1.11 bits per heavy atom. The Balaban J connectivity index is 0.000000124. The van der Waals surface area contributed by atoms with Gasteiger partial charge >= 0.3 is 6.09 Å². The van der Waals surface area contributed by atoms with Crippen molar-refractivity contribution in [3.8, 4) is 69.6 Å². The van der Waals surface area contributed by atoms with Crippen LogP contribution in [0.3, 0.4) is 0 Å². The molecule has 24 rings (SSSR count). The number of pyridine rings is 6. The summed E-state index contributed by atoms with van der Waals surface area (Å²) in [5.41, 5.74) is 18.4. The highest BCUT2D eigenvalue weighted by Gasteiger charge is 2.48. The van der Waals surface area contributed by atoms with Crippen LogP contribution in [0.25, 0.3) is 67.0 Å². The molecule has 0 aliphatic carbocycles. The summed E-state index contributed by atoms with van der Waals surface area (Å²) >= 11 is 0. The van der Waals surface area contributed by atoms with E-state index in [0.29, 0.717) is 101 Å². The average molecular weight is 1690 g/mol. The third kappa shape index (κ3) is 16.8. The first kappa shape index (κ1) is 82.0. The van der Waals surface area contributed by atoms with E-state index >= 15 is 0 Å². The molecule has 6 atom stereocenters. The molecule has 12 aromatic rings. The Bertz CT molecular complexity index is 6230. The Labute approximate surface area is 730 Å². The lowest BCUT2D eigenvalue weighted by atomic mass is 9.87. The number of carbonyl (C=O) groups is 1. The number of hydrogen-bond acceptors (Lipinski definition) is 28. The number of rotatable bonds is 19. The number of carbonyl (C=O) groups excluding carboxylic acids is 1. The topological polar surface area (TPSA) is 331 Å². The SMILES string of the molecule is CCN1CC=C(c2cc(-c3cnc(N4CC5CC(C4)N5Cc4ccc(OC)nc4)cn3)c3c(C#N)cnn3c2)CC1.COc1ccc(CN2C3CC2CN(c2cnc(-c4cc(C5=CCN(C(=O)OC(C)(C)C)CC5)cn5ncc(C#N)c45)cn2)C3)cn1.COc1ccc(CN2C3CC2CN(c2cnc(-c4cc(C5=CCNCC5)cn5ncc(C#N)c45)cn2)C3)cn1. The Morgan fingerprint density at radius 2 is 0.825 bits per heavy atom. The molecule has 1 N–H and O–H groups in total. The zero-order valence-electron chi connectivity index (χ0n) is 71.8. The monoisotopic (exact) mass is 1690 g/mol. The lowest BCUT2D eigenvalue weighted by molar-refractivity contribution is -0.00881. The molecule has 126 heavy (non-hydrogen) atoms. The molecule has 0 spiro atoms. The quantitative estimate of drug-likeness (QED) is 0.0786. The number of nitrogens with zero attached hydrogens (tertiary/aromatic N) is 26. The van der Waals surface area contributed by atoms with Crippen LogP contribution in [0.1, 0.15) is 116 Å². The summed E-state index contributed by atoms with van der Waals surface area (Å²) in [6.07, 6.45) is 40.0. The lowest BCUT2D eigenvalue weighted by Gasteiger charge is -2.56. The normalized spacial score (nSPS) is 20.5. The molecule has 32 heteroatoms. The second-order valence-electron chi connectivity index (χ2n) is 34.5. The molecule has 0 radical (unpaired) electrons. The van der Waals surface area contributed by atoms with Crippen LogP contribution in [0, 0.1) is 34.0 Å². The minimum absolute atomic E-state index is 0.312. The number of fused-ring (bicyclic) bond motifs is 9. The van der Waals surface area contributed by atoms with E-state index in [4.69, 9.17) is 48.9 Å². The van der Waals surface area contributed by atoms with Gasteiger partial charge in [-0.15, -0.1) is 0 Å². The zero-order chi connectivity index (χ0) is 86.3. The van der Waals surface area contributed by atoms with E-state index in [0.717, 1.165) is 183 Å². The fourth-order valence-corrected chi connectivity index (χ4v) is 19.1. The number of methoxy groups -OCH3 is 3. The highest BCUT2D eigenvalue weighted by molar-refractivity contribution is 5.89. The van der Waals surface area contributed by atoms with Crippen LogP contribution in [0.15, 0.2) is 166 Å². The first-order chi connectivity index (χ1) is 61.5. The van der Waals surface area contributed by atoms with Gasteiger partial charge < -0.3 is 43.9 Å². The summed E-state index contributed by atoms with van der Waals surface area (Å²) in [5.74, 6) is 4.55. The van der Waals surface area contributed by atoms with Crippen molar-refractivity contribution in [2.45, 2.75) is 128 Å². The minimum atomic E-state index is -0.541.